The summed E-state index contributed by atoms with van der Waals surface area (Å²) in [5, 5.41) is 3.17. The molecule has 0 spiro atoms. The number of rotatable bonds is 6. The summed E-state index contributed by atoms with van der Waals surface area (Å²) in [5.74, 6) is 0.999. The van der Waals surface area contributed by atoms with Gasteiger partial charge in [-0.05, 0) is 6.92 Å². The van der Waals surface area contributed by atoms with Crippen LogP contribution in [0.15, 0.2) is 17.6 Å². The van der Waals surface area contributed by atoms with Crippen LogP contribution >= 0.6 is 0 Å². The molecule has 0 aliphatic rings. The number of aliphatic imine (C=N–C) groups is 1. The van der Waals surface area contributed by atoms with E-state index in [4.69, 9.17) is 4.74 Å². The van der Waals surface area contributed by atoms with Crippen LogP contribution in [0.1, 0.15) is 13.3 Å². The van der Waals surface area contributed by atoms with Crippen LogP contribution in [-0.2, 0) is 4.74 Å². The van der Waals surface area contributed by atoms with E-state index >= 15 is 0 Å². The normalized spacial score (nSPS) is 11.3. The minimum absolute atomic E-state index is 0.673. The zero-order valence-electron chi connectivity index (χ0n) is 7.97. The van der Waals surface area contributed by atoms with Crippen LogP contribution < -0.4 is 5.32 Å². The van der Waals surface area contributed by atoms with Crippen LogP contribution in [0.3, 0.4) is 0 Å². The van der Waals surface area contributed by atoms with Gasteiger partial charge in [-0.2, -0.15) is 0 Å². The molecule has 70 valence electrons. The van der Waals surface area contributed by atoms with Crippen molar-refractivity contribution in [3.05, 3.63) is 12.7 Å². The van der Waals surface area contributed by atoms with E-state index in [1.54, 1.807) is 13.2 Å². The highest BCUT2D eigenvalue weighted by molar-refractivity contribution is 5.82. The standard InChI is InChI=1S/C9H18N2O/c1-4-7-11-9(10-5-2)6-8-12-3/h4H,1,5-8H2,2-3H3,(H,10,11). The van der Waals surface area contributed by atoms with Crippen molar-refractivity contribution in [1.82, 2.24) is 5.32 Å². The van der Waals surface area contributed by atoms with E-state index in [0.29, 0.717) is 13.2 Å². The third-order valence-electron chi connectivity index (χ3n) is 1.34. The van der Waals surface area contributed by atoms with Crippen molar-refractivity contribution in [3.8, 4) is 0 Å². The molecule has 0 heterocycles. The maximum Gasteiger partial charge on any atom is 0.0990 e. The molecule has 0 fully saturated rings. The quantitative estimate of drug-likeness (QED) is 0.369. The fourth-order valence-corrected chi connectivity index (χ4v) is 0.801. The van der Waals surface area contributed by atoms with E-state index in [2.05, 4.69) is 23.8 Å². The maximum atomic E-state index is 4.95. The number of ether oxygens (including phenoxy) is 1. The molecule has 0 saturated heterocycles. The molecule has 0 radical (unpaired) electrons. The van der Waals surface area contributed by atoms with Gasteiger partial charge in [0.25, 0.3) is 0 Å². The minimum atomic E-state index is 0.673. The SMILES string of the molecule is C=CCN=C(CCOC)NCC. The molecule has 0 amide bonds. The number of methoxy groups -OCH3 is 1. The predicted molar refractivity (Wildman–Crippen MR) is 52.7 cm³/mol. The van der Waals surface area contributed by atoms with Gasteiger partial charge in [-0.25, -0.2) is 0 Å². The molecule has 0 aromatic rings. The first-order chi connectivity index (χ1) is 5.85. The summed E-state index contributed by atoms with van der Waals surface area (Å²) < 4.78 is 4.95. The second kappa shape index (κ2) is 8.27. The highest BCUT2D eigenvalue weighted by Gasteiger charge is 1.94. The number of hydrogen-bond acceptors (Lipinski definition) is 2. The van der Waals surface area contributed by atoms with Crippen molar-refractivity contribution in [2.45, 2.75) is 13.3 Å². The van der Waals surface area contributed by atoms with Crippen molar-refractivity contribution in [1.29, 1.82) is 0 Å². The lowest BCUT2D eigenvalue weighted by Gasteiger charge is -2.06. The zero-order valence-corrected chi connectivity index (χ0v) is 7.97. The van der Waals surface area contributed by atoms with Gasteiger partial charge >= 0.3 is 0 Å². The summed E-state index contributed by atoms with van der Waals surface area (Å²) in [6.45, 7) is 7.95. The summed E-state index contributed by atoms with van der Waals surface area (Å²) in [6, 6.07) is 0. The third kappa shape index (κ3) is 5.92. The van der Waals surface area contributed by atoms with E-state index in [9.17, 15) is 0 Å². The van der Waals surface area contributed by atoms with Gasteiger partial charge in [0.2, 0.25) is 0 Å². The van der Waals surface area contributed by atoms with Crippen molar-refractivity contribution in [2.75, 3.05) is 26.8 Å². The lowest BCUT2D eigenvalue weighted by molar-refractivity contribution is 0.206. The average molecular weight is 170 g/mol. The van der Waals surface area contributed by atoms with Gasteiger partial charge in [0.1, 0.15) is 0 Å². The second-order valence-electron chi connectivity index (χ2n) is 2.35. The summed E-state index contributed by atoms with van der Waals surface area (Å²) in [6.07, 6.45) is 2.63. The van der Waals surface area contributed by atoms with Crippen molar-refractivity contribution in [2.24, 2.45) is 4.99 Å². The molecule has 0 bridgehead atoms. The molecule has 0 atom stereocenters. The molecule has 1 N–H and O–H groups in total. The monoisotopic (exact) mass is 170 g/mol. The summed E-state index contributed by atoms with van der Waals surface area (Å²) >= 11 is 0. The Balaban J connectivity index is 3.75. The van der Waals surface area contributed by atoms with Gasteiger partial charge in [-0.3, -0.25) is 4.99 Å². The Morgan fingerprint density at radius 1 is 1.67 bits per heavy atom. The molecule has 0 saturated carbocycles. The first-order valence-electron chi connectivity index (χ1n) is 4.22. The van der Waals surface area contributed by atoms with Crippen molar-refractivity contribution >= 4 is 5.84 Å². The molecule has 0 rings (SSSR count). The first-order valence-corrected chi connectivity index (χ1v) is 4.22. The van der Waals surface area contributed by atoms with Gasteiger partial charge in [0, 0.05) is 20.1 Å². The Hall–Kier alpha value is -0.830. The van der Waals surface area contributed by atoms with Gasteiger partial charge in [-0.15, -0.1) is 6.58 Å². The Morgan fingerprint density at radius 2 is 2.42 bits per heavy atom. The molecule has 0 aliphatic heterocycles. The summed E-state index contributed by atoms with van der Waals surface area (Å²) in [4.78, 5) is 4.28. The van der Waals surface area contributed by atoms with Crippen LogP contribution in [0, 0.1) is 0 Å². The topological polar surface area (TPSA) is 33.6 Å². The molecular weight excluding hydrogens is 152 g/mol. The van der Waals surface area contributed by atoms with E-state index in [0.717, 1.165) is 18.8 Å². The van der Waals surface area contributed by atoms with Crippen LogP contribution in [0.25, 0.3) is 0 Å². The van der Waals surface area contributed by atoms with Gasteiger partial charge in [0.15, 0.2) is 0 Å². The summed E-state index contributed by atoms with van der Waals surface area (Å²) in [7, 11) is 1.69. The fourth-order valence-electron chi connectivity index (χ4n) is 0.801. The molecule has 0 aliphatic carbocycles. The van der Waals surface area contributed by atoms with Gasteiger partial charge in [-0.1, -0.05) is 6.08 Å². The lowest BCUT2D eigenvalue weighted by atomic mass is 10.4. The maximum absolute atomic E-state index is 4.95. The van der Waals surface area contributed by atoms with Crippen LogP contribution in [0.5, 0.6) is 0 Å². The average Bonchev–Trinajstić information content (AvgIpc) is 2.10. The molecule has 12 heavy (non-hydrogen) atoms. The molecular formula is C9H18N2O. The number of amidine groups is 1. The number of nitrogens with zero attached hydrogens (tertiary/aromatic N) is 1. The highest BCUT2D eigenvalue weighted by atomic mass is 16.5. The predicted octanol–water partition coefficient (Wildman–Crippen LogP) is 1.22. The van der Waals surface area contributed by atoms with Crippen LogP contribution in [0.4, 0.5) is 0 Å². The Morgan fingerprint density at radius 3 is 2.92 bits per heavy atom. The van der Waals surface area contributed by atoms with Crippen molar-refractivity contribution < 1.29 is 4.74 Å². The lowest BCUT2D eigenvalue weighted by Crippen LogP contribution is -2.24. The van der Waals surface area contributed by atoms with Gasteiger partial charge < -0.3 is 10.1 Å². The molecule has 0 unspecified atom stereocenters. The minimum Gasteiger partial charge on any atom is -0.384 e. The number of hydrogen-bond donors (Lipinski definition) is 1. The Bertz CT molecular complexity index is 143. The zero-order chi connectivity index (χ0) is 9.23. The van der Waals surface area contributed by atoms with E-state index in [-0.39, 0.29) is 0 Å². The molecule has 3 heteroatoms. The fraction of sp³-hybridized carbons (Fsp3) is 0.667. The first kappa shape index (κ1) is 11.2. The second-order valence-corrected chi connectivity index (χ2v) is 2.35. The van der Waals surface area contributed by atoms with E-state index < -0.39 is 0 Å². The number of nitrogens with one attached hydrogen (secondary N) is 1. The highest BCUT2D eigenvalue weighted by Crippen LogP contribution is 1.85. The molecule has 0 aromatic carbocycles. The molecule has 0 aromatic heterocycles. The largest absolute Gasteiger partial charge is 0.384 e. The Kier molecular flexibility index (Phi) is 7.70. The van der Waals surface area contributed by atoms with Crippen LogP contribution in [0.2, 0.25) is 0 Å². The molecule has 3 nitrogen and oxygen atoms in total. The smallest absolute Gasteiger partial charge is 0.0990 e. The van der Waals surface area contributed by atoms with Crippen molar-refractivity contribution in [3.63, 3.8) is 0 Å². The van der Waals surface area contributed by atoms with E-state index in [1.807, 2.05) is 0 Å². The van der Waals surface area contributed by atoms with Crippen LogP contribution in [-0.4, -0.2) is 32.6 Å². The Labute approximate surface area is 74.5 Å². The van der Waals surface area contributed by atoms with Gasteiger partial charge in [0.05, 0.1) is 19.0 Å². The third-order valence-corrected chi connectivity index (χ3v) is 1.34. The summed E-state index contributed by atoms with van der Waals surface area (Å²) in [5.41, 5.74) is 0. The van der Waals surface area contributed by atoms with E-state index in [1.165, 1.54) is 0 Å².